The first-order valence-corrected chi connectivity index (χ1v) is 13.4. The Kier molecular flexibility index (Phi) is 21.2. The molecule has 32 heavy (non-hydrogen) atoms. The Morgan fingerprint density at radius 2 is 0.938 bits per heavy atom. The number of hydrogen-bond donors (Lipinski definition) is 3. The monoisotopic (exact) mass is 460 g/mol. The minimum absolute atomic E-state index is 0.0290. The van der Waals surface area contributed by atoms with Crippen molar-refractivity contribution in [1.29, 1.82) is 0 Å². The van der Waals surface area contributed by atoms with Gasteiger partial charge in [0.15, 0.2) is 0 Å². The third-order valence-corrected chi connectivity index (χ3v) is 6.39. The van der Waals surface area contributed by atoms with Gasteiger partial charge >= 0.3 is 0 Å². The van der Waals surface area contributed by atoms with Crippen molar-refractivity contribution in [1.82, 2.24) is 0 Å². The second kappa shape index (κ2) is 21.3. The Balaban J connectivity index is 3.53. The lowest BCUT2D eigenvalue weighted by Crippen LogP contribution is -2.26. The predicted octanol–water partition coefficient (Wildman–Crippen LogP) is 5.59. The first-order chi connectivity index (χ1) is 15.2. The second-order valence-corrected chi connectivity index (χ2v) is 10.7. The van der Waals surface area contributed by atoms with Crippen LogP contribution in [0.5, 0.6) is 0 Å². The van der Waals surface area contributed by atoms with Crippen molar-refractivity contribution in [3.05, 3.63) is 0 Å². The van der Waals surface area contributed by atoms with Crippen LogP contribution in [0, 0.1) is 23.7 Å². The van der Waals surface area contributed by atoms with E-state index in [4.69, 9.17) is 14.6 Å². The Morgan fingerprint density at radius 3 is 1.41 bits per heavy atom. The molecule has 0 aromatic heterocycles. The summed E-state index contributed by atoms with van der Waals surface area (Å²) < 4.78 is 10.7. The van der Waals surface area contributed by atoms with E-state index >= 15 is 0 Å². The van der Waals surface area contributed by atoms with Gasteiger partial charge in [-0.25, -0.2) is 0 Å². The summed E-state index contributed by atoms with van der Waals surface area (Å²) in [5.41, 5.74) is 0. The van der Waals surface area contributed by atoms with Gasteiger partial charge in [0.2, 0.25) is 0 Å². The van der Waals surface area contributed by atoms with Crippen LogP contribution in [-0.2, 0) is 9.47 Å². The summed E-state index contributed by atoms with van der Waals surface area (Å²) in [5, 5.41) is 27.6. The summed E-state index contributed by atoms with van der Waals surface area (Å²) >= 11 is 0. The lowest BCUT2D eigenvalue weighted by molar-refractivity contribution is -0.0483. The zero-order valence-corrected chi connectivity index (χ0v) is 21.9. The third-order valence-electron chi connectivity index (χ3n) is 6.39. The highest BCUT2D eigenvalue weighted by molar-refractivity contribution is 4.61. The molecule has 5 nitrogen and oxygen atoms in total. The normalized spacial score (nSPS) is 16.8. The van der Waals surface area contributed by atoms with Gasteiger partial charge in [-0.2, -0.15) is 0 Å². The number of aliphatic hydroxyl groups is 3. The highest BCUT2D eigenvalue weighted by atomic mass is 16.5. The average molecular weight is 461 g/mol. The van der Waals surface area contributed by atoms with E-state index in [2.05, 4.69) is 34.6 Å². The molecule has 0 aliphatic carbocycles. The smallest absolute Gasteiger partial charge is 0.101 e. The maximum absolute atomic E-state index is 9.77. The SMILES string of the molecule is CC(C)CCCC(C)CCCC(C)CCCC(C)CCCOCC(O)COCC(O)CO. The molecule has 5 heteroatoms. The van der Waals surface area contributed by atoms with Crippen LogP contribution >= 0.6 is 0 Å². The van der Waals surface area contributed by atoms with Crippen LogP contribution in [0.1, 0.15) is 105 Å². The van der Waals surface area contributed by atoms with Gasteiger partial charge in [0.1, 0.15) is 12.2 Å². The van der Waals surface area contributed by atoms with Crippen molar-refractivity contribution in [2.24, 2.45) is 23.7 Å². The van der Waals surface area contributed by atoms with E-state index in [1.807, 2.05) is 0 Å². The van der Waals surface area contributed by atoms with Crippen molar-refractivity contribution < 1.29 is 24.8 Å². The van der Waals surface area contributed by atoms with Crippen LogP contribution in [0.4, 0.5) is 0 Å². The van der Waals surface area contributed by atoms with Crippen LogP contribution in [0.2, 0.25) is 0 Å². The molecular weight excluding hydrogens is 404 g/mol. The summed E-state index contributed by atoms with van der Waals surface area (Å²) in [7, 11) is 0. The fourth-order valence-corrected chi connectivity index (χ4v) is 4.13. The van der Waals surface area contributed by atoms with Gasteiger partial charge in [0, 0.05) is 6.61 Å². The number of rotatable bonds is 23. The molecule has 3 N–H and O–H groups in total. The van der Waals surface area contributed by atoms with E-state index in [9.17, 15) is 10.2 Å². The molecule has 5 unspecified atom stereocenters. The number of hydrogen-bond acceptors (Lipinski definition) is 5. The van der Waals surface area contributed by atoms with Gasteiger partial charge in [0.05, 0.1) is 26.4 Å². The first-order valence-electron chi connectivity index (χ1n) is 13.4. The minimum Gasteiger partial charge on any atom is -0.394 e. The van der Waals surface area contributed by atoms with E-state index in [0.717, 1.165) is 36.5 Å². The molecule has 0 rings (SSSR count). The van der Waals surface area contributed by atoms with Gasteiger partial charge in [-0.15, -0.1) is 0 Å². The molecule has 0 aliphatic heterocycles. The van der Waals surface area contributed by atoms with Crippen LogP contribution in [0.25, 0.3) is 0 Å². The molecular formula is C27H56O5. The van der Waals surface area contributed by atoms with Crippen LogP contribution in [0.15, 0.2) is 0 Å². The van der Waals surface area contributed by atoms with E-state index in [-0.39, 0.29) is 26.4 Å². The lowest BCUT2D eigenvalue weighted by atomic mass is 9.90. The molecule has 0 heterocycles. The number of ether oxygens (including phenoxy) is 2. The Labute approximate surface area is 199 Å². The first kappa shape index (κ1) is 31.8. The third kappa shape index (κ3) is 21.6. The molecule has 0 aliphatic rings. The molecule has 0 amide bonds. The zero-order chi connectivity index (χ0) is 24.2. The van der Waals surface area contributed by atoms with Gasteiger partial charge < -0.3 is 24.8 Å². The largest absolute Gasteiger partial charge is 0.394 e. The summed E-state index contributed by atoms with van der Waals surface area (Å²) in [5.74, 6) is 3.29. The summed E-state index contributed by atoms with van der Waals surface area (Å²) in [6, 6.07) is 0. The highest BCUT2D eigenvalue weighted by Crippen LogP contribution is 2.23. The van der Waals surface area contributed by atoms with Crippen LogP contribution in [0.3, 0.4) is 0 Å². The summed E-state index contributed by atoms with van der Waals surface area (Å²) in [6.07, 6.45) is 12.9. The Morgan fingerprint density at radius 1 is 0.531 bits per heavy atom. The fraction of sp³-hybridized carbons (Fsp3) is 1.00. The molecule has 0 radical (unpaired) electrons. The van der Waals surface area contributed by atoms with Gasteiger partial charge in [-0.1, -0.05) is 92.4 Å². The molecule has 194 valence electrons. The van der Waals surface area contributed by atoms with Crippen molar-refractivity contribution in [2.45, 2.75) is 117 Å². The number of aliphatic hydroxyl groups excluding tert-OH is 3. The molecule has 5 atom stereocenters. The maximum Gasteiger partial charge on any atom is 0.101 e. The van der Waals surface area contributed by atoms with Crippen molar-refractivity contribution in [2.75, 3.05) is 33.0 Å². The maximum atomic E-state index is 9.77. The van der Waals surface area contributed by atoms with Crippen LogP contribution < -0.4 is 0 Å². The van der Waals surface area contributed by atoms with Gasteiger partial charge in [-0.05, 0) is 36.5 Å². The van der Waals surface area contributed by atoms with Gasteiger partial charge in [-0.3, -0.25) is 0 Å². The van der Waals surface area contributed by atoms with Crippen molar-refractivity contribution in [3.63, 3.8) is 0 Å². The van der Waals surface area contributed by atoms with Crippen molar-refractivity contribution in [3.8, 4) is 0 Å². The predicted molar refractivity (Wildman–Crippen MR) is 134 cm³/mol. The van der Waals surface area contributed by atoms with Crippen molar-refractivity contribution >= 4 is 0 Å². The average Bonchev–Trinajstić information content (AvgIpc) is 2.73. The zero-order valence-electron chi connectivity index (χ0n) is 21.9. The van der Waals surface area contributed by atoms with E-state index in [0.29, 0.717) is 6.61 Å². The molecule has 0 saturated heterocycles. The molecule has 0 fully saturated rings. The summed E-state index contributed by atoms with van der Waals surface area (Å²) in [6.45, 7) is 12.5. The second-order valence-electron chi connectivity index (χ2n) is 10.7. The van der Waals surface area contributed by atoms with E-state index in [1.165, 1.54) is 57.8 Å². The fourth-order valence-electron chi connectivity index (χ4n) is 4.13. The lowest BCUT2D eigenvalue weighted by Gasteiger charge is -2.16. The van der Waals surface area contributed by atoms with Gasteiger partial charge in [0.25, 0.3) is 0 Å². The molecule has 0 aromatic rings. The van der Waals surface area contributed by atoms with E-state index in [1.54, 1.807) is 0 Å². The molecule has 0 aromatic carbocycles. The standard InChI is InChI=1S/C27H56O5/c1-22(2)10-6-11-23(3)12-7-13-24(4)14-8-15-25(5)16-9-17-31-20-27(30)21-32-19-26(29)18-28/h22-30H,6-21H2,1-5H3. The minimum atomic E-state index is -0.888. The quantitative estimate of drug-likeness (QED) is 0.173. The highest BCUT2D eigenvalue weighted by Gasteiger charge is 2.10. The molecule has 0 saturated carbocycles. The Hall–Kier alpha value is -0.200. The topological polar surface area (TPSA) is 79.2 Å². The molecule has 0 bridgehead atoms. The van der Waals surface area contributed by atoms with E-state index < -0.39 is 12.2 Å². The molecule has 0 spiro atoms. The Bertz CT molecular complexity index is 390. The van der Waals surface area contributed by atoms with Crippen LogP contribution in [-0.4, -0.2) is 60.6 Å². The summed E-state index contributed by atoms with van der Waals surface area (Å²) in [4.78, 5) is 0.